The normalized spacial score (nSPS) is 29.7. The molecular formula is C13H27NO2S. The zero-order valence-corrected chi connectivity index (χ0v) is 12.2. The van der Waals surface area contributed by atoms with Crippen molar-refractivity contribution in [3.63, 3.8) is 0 Å². The molecule has 1 saturated carbocycles. The molecule has 0 aromatic carbocycles. The van der Waals surface area contributed by atoms with Gasteiger partial charge in [-0.2, -0.15) is 0 Å². The monoisotopic (exact) mass is 261 g/mol. The average molecular weight is 261 g/mol. The van der Waals surface area contributed by atoms with Crippen LogP contribution in [0.2, 0.25) is 0 Å². The van der Waals surface area contributed by atoms with E-state index < -0.39 is 9.84 Å². The van der Waals surface area contributed by atoms with Gasteiger partial charge >= 0.3 is 0 Å². The van der Waals surface area contributed by atoms with Gasteiger partial charge in [0.25, 0.3) is 0 Å². The topological polar surface area (TPSA) is 46.2 Å². The van der Waals surface area contributed by atoms with E-state index in [0.717, 1.165) is 19.4 Å². The largest absolute Gasteiger partial charge is 0.314 e. The van der Waals surface area contributed by atoms with Crippen molar-refractivity contribution in [2.45, 2.75) is 52.0 Å². The fourth-order valence-corrected chi connectivity index (χ4v) is 3.57. The minimum Gasteiger partial charge on any atom is -0.314 e. The van der Waals surface area contributed by atoms with Gasteiger partial charge in [0.1, 0.15) is 9.84 Å². The van der Waals surface area contributed by atoms with Gasteiger partial charge < -0.3 is 5.32 Å². The molecule has 1 rings (SSSR count). The van der Waals surface area contributed by atoms with Crippen LogP contribution in [-0.2, 0) is 9.84 Å². The molecule has 17 heavy (non-hydrogen) atoms. The van der Waals surface area contributed by atoms with Crippen LogP contribution < -0.4 is 5.32 Å². The smallest absolute Gasteiger partial charge is 0.147 e. The zero-order valence-electron chi connectivity index (χ0n) is 11.4. The molecule has 3 atom stereocenters. The van der Waals surface area contributed by atoms with E-state index in [-0.39, 0.29) is 0 Å². The highest BCUT2D eigenvalue weighted by atomic mass is 32.2. The Morgan fingerprint density at radius 3 is 2.59 bits per heavy atom. The summed E-state index contributed by atoms with van der Waals surface area (Å²) in [6, 6.07) is 0.651. The highest BCUT2D eigenvalue weighted by Crippen LogP contribution is 2.34. The summed E-state index contributed by atoms with van der Waals surface area (Å²) in [7, 11) is -2.78. The number of sulfone groups is 1. The molecule has 0 bridgehead atoms. The van der Waals surface area contributed by atoms with Crippen molar-refractivity contribution in [3.05, 3.63) is 0 Å². The lowest BCUT2D eigenvalue weighted by molar-refractivity contribution is 0.335. The average Bonchev–Trinajstić information content (AvgIpc) is 2.56. The van der Waals surface area contributed by atoms with Gasteiger partial charge in [0.05, 0.1) is 0 Å². The van der Waals surface area contributed by atoms with E-state index >= 15 is 0 Å². The van der Waals surface area contributed by atoms with E-state index in [9.17, 15) is 8.42 Å². The summed E-state index contributed by atoms with van der Waals surface area (Å²) in [5.41, 5.74) is 0. The fraction of sp³-hybridized carbons (Fsp3) is 1.00. The van der Waals surface area contributed by atoms with Crippen molar-refractivity contribution in [1.29, 1.82) is 0 Å². The van der Waals surface area contributed by atoms with E-state index in [1.54, 1.807) is 0 Å². The van der Waals surface area contributed by atoms with Crippen molar-refractivity contribution in [2.24, 2.45) is 11.8 Å². The summed E-state index contributed by atoms with van der Waals surface area (Å²) in [6.45, 7) is 5.60. The van der Waals surface area contributed by atoms with Crippen LogP contribution in [0.1, 0.15) is 46.0 Å². The standard InChI is InChI=1S/C13H27NO2S/c1-4-9-14-13-8-7-12(11(13)2)6-5-10-17(3,15)16/h11-14H,4-10H2,1-3H3. The molecule has 102 valence electrons. The van der Waals surface area contributed by atoms with Crippen LogP contribution in [-0.4, -0.2) is 33.0 Å². The van der Waals surface area contributed by atoms with E-state index in [4.69, 9.17) is 0 Å². The first-order valence-electron chi connectivity index (χ1n) is 6.85. The second-order valence-corrected chi connectivity index (χ2v) is 7.79. The fourth-order valence-electron chi connectivity index (χ4n) is 2.88. The van der Waals surface area contributed by atoms with Gasteiger partial charge in [-0.15, -0.1) is 0 Å². The maximum Gasteiger partial charge on any atom is 0.147 e. The molecule has 0 radical (unpaired) electrons. The van der Waals surface area contributed by atoms with Crippen LogP contribution in [0.25, 0.3) is 0 Å². The third-order valence-electron chi connectivity index (χ3n) is 3.97. The Morgan fingerprint density at radius 2 is 2.00 bits per heavy atom. The Labute approximate surface area is 106 Å². The SMILES string of the molecule is CCCNC1CCC(CCCS(C)(=O)=O)C1C. The minimum absolute atomic E-state index is 0.350. The molecule has 0 heterocycles. The highest BCUT2D eigenvalue weighted by Gasteiger charge is 2.31. The first kappa shape index (κ1) is 15.0. The van der Waals surface area contributed by atoms with Gasteiger partial charge in [-0.25, -0.2) is 8.42 Å². The van der Waals surface area contributed by atoms with Gasteiger partial charge in [0, 0.05) is 18.1 Å². The Bertz CT molecular complexity index is 313. The summed E-state index contributed by atoms with van der Waals surface area (Å²) in [6.07, 6.45) is 6.92. The number of hydrogen-bond donors (Lipinski definition) is 1. The molecule has 0 aliphatic heterocycles. The van der Waals surface area contributed by atoms with Crippen molar-refractivity contribution in [3.8, 4) is 0 Å². The zero-order chi connectivity index (χ0) is 12.9. The molecule has 1 aliphatic rings. The van der Waals surface area contributed by atoms with Gasteiger partial charge in [-0.3, -0.25) is 0 Å². The Hall–Kier alpha value is -0.0900. The predicted molar refractivity (Wildman–Crippen MR) is 72.9 cm³/mol. The van der Waals surface area contributed by atoms with Gasteiger partial charge in [0.15, 0.2) is 0 Å². The van der Waals surface area contributed by atoms with Gasteiger partial charge in [-0.1, -0.05) is 13.8 Å². The summed E-state index contributed by atoms with van der Waals surface area (Å²) in [5, 5.41) is 3.60. The lowest BCUT2D eigenvalue weighted by atomic mass is 9.92. The molecule has 3 unspecified atom stereocenters. The number of nitrogens with one attached hydrogen (secondary N) is 1. The minimum atomic E-state index is -2.78. The Kier molecular flexibility index (Phi) is 5.93. The second-order valence-electron chi connectivity index (χ2n) is 5.53. The van der Waals surface area contributed by atoms with Crippen LogP contribution in [0.4, 0.5) is 0 Å². The maximum atomic E-state index is 11.1. The molecule has 4 heteroatoms. The summed E-state index contributed by atoms with van der Waals surface area (Å²) in [5.74, 6) is 1.76. The number of hydrogen-bond acceptors (Lipinski definition) is 3. The molecule has 0 amide bonds. The van der Waals surface area contributed by atoms with E-state index in [0.29, 0.717) is 23.6 Å². The summed E-state index contributed by atoms with van der Waals surface area (Å²) >= 11 is 0. The Morgan fingerprint density at radius 1 is 1.29 bits per heavy atom. The molecule has 3 nitrogen and oxygen atoms in total. The van der Waals surface area contributed by atoms with Crippen LogP contribution in [0.3, 0.4) is 0 Å². The van der Waals surface area contributed by atoms with Crippen LogP contribution in [0.5, 0.6) is 0 Å². The van der Waals surface area contributed by atoms with E-state index in [2.05, 4.69) is 19.2 Å². The van der Waals surface area contributed by atoms with Crippen LogP contribution >= 0.6 is 0 Å². The third kappa shape index (κ3) is 5.38. The molecular weight excluding hydrogens is 234 g/mol. The first-order chi connectivity index (χ1) is 7.94. The highest BCUT2D eigenvalue weighted by molar-refractivity contribution is 7.90. The molecule has 1 aliphatic carbocycles. The summed E-state index contributed by atoms with van der Waals surface area (Å²) < 4.78 is 22.2. The second kappa shape index (κ2) is 6.74. The van der Waals surface area contributed by atoms with Crippen molar-refractivity contribution < 1.29 is 8.42 Å². The van der Waals surface area contributed by atoms with Crippen LogP contribution in [0.15, 0.2) is 0 Å². The molecule has 0 saturated heterocycles. The van der Waals surface area contributed by atoms with E-state index in [1.165, 1.54) is 25.5 Å². The van der Waals surface area contributed by atoms with Crippen molar-refractivity contribution in [1.82, 2.24) is 5.32 Å². The maximum absolute atomic E-state index is 11.1. The lowest BCUT2D eigenvalue weighted by Gasteiger charge is -2.21. The van der Waals surface area contributed by atoms with Gasteiger partial charge in [-0.05, 0) is 50.5 Å². The quantitative estimate of drug-likeness (QED) is 0.764. The predicted octanol–water partition coefficient (Wildman–Crippen LogP) is 2.23. The molecule has 0 aromatic rings. The van der Waals surface area contributed by atoms with Gasteiger partial charge in [0.2, 0.25) is 0 Å². The molecule has 1 N–H and O–H groups in total. The molecule has 0 aromatic heterocycles. The van der Waals surface area contributed by atoms with Crippen molar-refractivity contribution in [2.75, 3.05) is 18.6 Å². The molecule has 1 fully saturated rings. The molecule has 0 spiro atoms. The first-order valence-corrected chi connectivity index (χ1v) is 8.91. The lowest BCUT2D eigenvalue weighted by Crippen LogP contribution is -2.33. The third-order valence-corrected chi connectivity index (χ3v) is 5.00. The van der Waals surface area contributed by atoms with Crippen molar-refractivity contribution >= 4 is 9.84 Å². The van der Waals surface area contributed by atoms with E-state index in [1.807, 2.05) is 0 Å². The summed E-state index contributed by atoms with van der Waals surface area (Å²) in [4.78, 5) is 0. The Balaban J connectivity index is 2.27. The van der Waals surface area contributed by atoms with Crippen LogP contribution in [0, 0.1) is 11.8 Å². The number of rotatable bonds is 7.